The van der Waals surface area contributed by atoms with Crippen LogP contribution in [0.3, 0.4) is 0 Å². The first-order chi connectivity index (χ1) is 10.1. The predicted octanol–water partition coefficient (Wildman–Crippen LogP) is 1.10. The Kier molecular flexibility index (Phi) is 6.81. The van der Waals surface area contributed by atoms with Gasteiger partial charge in [-0.15, -0.1) is 0 Å². The average Bonchev–Trinajstić information content (AvgIpc) is 2.50. The van der Waals surface area contributed by atoms with Gasteiger partial charge in [-0.25, -0.2) is 0 Å². The zero-order valence-corrected chi connectivity index (χ0v) is 13.7. The van der Waals surface area contributed by atoms with Gasteiger partial charge in [0, 0.05) is 20.6 Å². The summed E-state index contributed by atoms with van der Waals surface area (Å²) < 4.78 is 10.7. The van der Waals surface area contributed by atoms with E-state index in [9.17, 15) is 0 Å². The van der Waals surface area contributed by atoms with E-state index in [2.05, 4.69) is 26.6 Å². The van der Waals surface area contributed by atoms with E-state index in [0.29, 0.717) is 0 Å². The van der Waals surface area contributed by atoms with Crippen LogP contribution < -0.4 is 20.1 Å². The molecule has 0 saturated carbocycles. The van der Waals surface area contributed by atoms with Crippen molar-refractivity contribution in [1.29, 1.82) is 0 Å². The lowest BCUT2D eigenvalue weighted by atomic mass is 10.1. The van der Waals surface area contributed by atoms with Crippen LogP contribution in [0.4, 0.5) is 0 Å². The van der Waals surface area contributed by atoms with Crippen LogP contribution in [0.2, 0.25) is 0 Å². The molecule has 118 valence electrons. The van der Waals surface area contributed by atoms with Gasteiger partial charge in [-0.05, 0) is 31.8 Å². The van der Waals surface area contributed by atoms with Crippen LogP contribution in [-0.2, 0) is 0 Å². The Morgan fingerprint density at radius 1 is 1.24 bits per heavy atom. The van der Waals surface area contributed by atoms with E-state index in [1.807, 2.05) is 33.3 Å². The molecular formula is C15H26N4O2. The molecule has 1 aromatic rings. The zero-order chi connectivity index (χ0) is 15.8. The number of hydrogen-bond donors (Lipinski definition) is 2. The molecule has 2 N–H and O–H groups in total. The molecule has 0 amide bonds. The standard InChI is InChI=1S/C15H26N4O2/c1-16-15(17-2)18-10-12(19(3)4)11-7-8-13(20-5)14(9-11)21-6/h7-9,12H,10H2,1-6H3,(H2,16,17,18). The monoisotopic (exact) mass is 294 g/mol. The first kappa shape index (κ1) is 17.1. The third-order valence-corrected chi connectivity index (χ3v) is 3.34. The molecule has 0 radical (unpaired) electrons. The normalized spacial score (nSPS) is 13.0. The highest BCUT2D eigenvalue weighted by Gasteiger charge is 2.16. The average molecular weight is 294 g/mol. The number of ether oxygens (including phenoxy) is 2. The molecule has 1 aromatic carbocycles. The third kappa shape index (κ3) is 4.53. The van der Waals surface area contributed by atoms with E-state index in [4.69, 9.17) is 9.47 Å². The first-order valence-corrected chi connectivity index (χ1v) is 6.84. The maximum atomic E-state index is 5.37. The molecule has 1 unspecified atom stereocenters. The summed E-state index contributed by atoms with van der Waals surface area (Å²) in [4.78, 5) is 6.27. The van der Waals surface area contributed by atoms with E-state index in [1.165, 1.54) is 0 Å². The summed E-state index contributed by atoms with van der Waals surface area (Å²) in [7, 11) is 11.0. The van der Waals surface area contributed by atoms with Crippen LogP contribution in [0.5, 0.6) is 11.5 Å². The van der Waals surface area contributed by atoms with Crippen molar-refractivity contribution in [3.05, 3.63) is 23.8 Å². The third-order valence-electron chi connectivity index (χ3n) is 3.34. The summed E-state index contributed by atoms with van der Waals surface area (Å²) in [5, 5.41) is 6.30. The van der Waals surface area contributed by atoms with Crippen molar-refractivity contribution < 1.29 is 9.47 Å². The number of nitrogens with one attached hydrogen (secondary N) is 2. The van der Waals surface area contributed by atoms with Crippen molar-refractivity contribution in [2.24, 2.45) is 4.99 Å². The van der Waals surface area contributed by atoms with Crippen LogP contribution in [0.15, 0.2) is 23.2 Å². The highest BCUT2D eigenvalue weighted by Crippen LogP contribution is 2.31. The molecule has 6 nitrogen and oxygen atoms in total. The van der Waals surface area contributed by atoms with Crippen LogP contribution in [-0.4, -0.2) is 59.8 Å². The molecule has 0 heterocycles. The van der Waals surface area contributed by atoms with Gasteiger partial charge in [0.25, 0.3) is 0 Å². The van der Waals surface area contributed by atoms with Gasteiger partial charge in [-0.1, -0.05) is 6.07 Å². The maximum Gasteiger partial charge on any atom is 0.190 e. The van der Waals surface area contributed by atoms with Crippen LogP contribution in [0.1, 0.15) is 11.6 Å². The molecule has 0 aliphatic heterocycles. The van der Waals surface area contributed by atoms with E-state index < -0.39 is 0 Å². The summed E-state index contributed by atoms with van der Waals surface area (Å²) in [6, 6.07) is 6.18. The second kappa shape index (κ2) is 8.36. The molecule has 0 bridgehead atoms. The molecule has 1 atom stereocenters. The summed E-state index contributed by atoms with van der Waals surface area (Å²) in [5.41, 5.74) is 1.15. The molecule has 0 aromatic heterocycles. The second-order valence-electron chi connectivity index (χ2n) is 4.80. The van der Waals surface area contributed by atoms with Crippen molar-refractivity contribution in [1.82, 2.24) is 15.5 Å². The minimum Gasteiger partial charge on any atom is -0.493 e. The fourth-order valence-electron chi connectivity index (χ4n) is 2.13. The Bertz CT molecular complexity index is 475. The summed E-state index contributed by atoms with van der Waals surface area (Å²) >= 11 is 0. The van der Waals surface area contributed by atoms with Crippen molar-refractivity contribution in [2.75, 3.05) is 49.0 Å². The first-order valence-electron chi connectivity index (χ1n) is 6.84. The summed E-state index contributed by atoms with van der Waals surface area (Å²) in [5.74, 6) is 2.24. The van der Waals surface area contributed by atoms with Crippen LogP contribution >= 0.6 is 0 Å². The van der Waals surface area contributed by atoms with Gasteiger partial charge >= 0.3 is 0 Å². The van der Waals surface area contributed by atoms with Gasteiger partial charge in [-0.3, -0.25) is 4.99 Å². The molecule has 6 heteroatoms. The Morgan fingerprint density at radius 2 is 1.90 bits per heavy atom. The minimum absolute atomic E-state index is 0.190. The van der Waals surface area contributed by atoms with E-state index in [1.54, 1.807) is 21.3 Å². The Hall–Kier alpha value is -1.95. The lowest BCUT2D eigenvalue weighted by Gasteiger charge is -2.26. The highest BCUT2D eigenvalue weighted by molar-refractivity contribution is 5.79. The van der Waals surface area contributed by atoms with Crippen molar-refractivity contribution in [3.63, 3.8) is 0 Å². The largest absolute Gasteiger partial charge is 0.493 e. The van der Waals surface area contributed by atoms with Crippen LogP contribution in [0.25, 0.3) is 0 Å². The summed E-state index contributed by atoms with van der Waals surface area (Å²) in [6.07, 6.45) is 0. The highest BCUT2D eigenvalue weighted by atomic mass is 16.5. The molecule has 0 saturated heterocycles. The van der Waals surface area contributed by atoms with Crippen molar-refractivity contribution in [2.45, 2.75) is 6.04 Å². The number of likely N-dealkylation sites (N-methyl/N-ethyl adjacent to an activating group) is 1. The fraction of sp³-hybridized carbons (Fsp3) is 0.533. The lowest BCUT2D eigenvalue weighted by Crippen LogP contribution is -2.40. The Balaban J connectivity index is 2.95. The topological polar surface area (TPSA) is 58.1 Å². The number of guanidine groups is 1. The Labute approximate surface area is 127 Å². The number of nitrogens with zero attached hydrogens (tertiary/aromatic N) is 2. The second-order valence-corrected chi connectivity index (χ2v) is 4.80. The lowest BCUT2D eigenvalue weighted by molar-refractivity contribution is 0.296. The smallest absolute Gasteiger partial charge is 0.190 e. The number of benzene rings is 1. The fourth-order valence-corrected chi connectivity index (χ4v) is 2.13. The number of rotatable bonds is 6. The number of hydrogen-bond acceptors (Lipinski definition) is 4. The molecular weight excluding hydrogens is 268 g/mol. The molecule has 0 spiro atoms. The number of aliphatic imine (C=N–C) groups is 1. The maximum absolute atomic E-state index is 5.37. The van der Waals surface area contributed by atoms with E-state index in [0.717, 1.165) is 29.6 Å². The SMILES string of the molecule is CN=C(NC)NCC(c1ccc(OC)c(OC)c1)N(C)C. The van der Waals surface area contributed by atoms with Gasteiger partial charge in [0.2, 0.25) is 0 Å². The van der Waals surface area contributed by atoms with Crippen LogP contribution in [0, 0.1) is 0 Å². The predicted molar refractivity (Wildman–Crippen MR) is 86.4 cm³/mol. The van der Waals surface area contributed by atoms with E-state index in [-0.39, 0.29) is 6.04 Å². The Morgan fingerprint density at radius 3 is 2.38 bits per heavy atom. The van der Waals surface area contributed by atoms with Gasteiger partial charge < -0.3 is 25.0 Å². The van der Waals surface area contributed by atoms with E-state index >= 15 is 0 Å². The molecule has 0 aliphatic rings. The zero-order valence-electron chi connectivity index (χ0n) is 13.7. The molecule has 0 fully saturated rings. The van der Waals surface area contributed by atoms with Gasteiger partial charge in [0.05, 0.1) is 20.3 Å². The number of methoxy groups -OCH3 is 2. The minimum atomic E-state index is 0.190. The van der Waals surface area contributed by atoms with Crippen molar-refractivity contribution >= 4 is 5.96 Å². The quantitative estimate of drug-likeness (QED) is 0.608. The van der Waals surface area contributed by atoms with Gasteiger partial charge in [-0.2, -0.15) is 0 Å². The van der Waals surface area contributed by atoms with Gasteiger partial charge in [0.1, 0.15) is 0 Å². The van der Waals surface area contributed by atoms with Gasteiger partial charge in [0.15, 0.2) is 17.5 Å². The molecule has 1 rings (SSSR count). The van der Waals surface area contributed by atoms with Crippen molar-refractivity contribution in [3.8, 4) is 11.5 Å². The molecule has 0 aliphatic carbocycles. The molecule has 21 heavy (non-hydrogen) atoms. The summed E-state index contributed by atoms with van der Waals surface area (Å²) in [6.45, 7) is 0.732.